The number of halogens is 1. The molecule has 1 unspecified atom stereocenters. The Morgan fingerprint density at radius 1 is 1.25 bits per heavy atom. The van der Waals surface area contributed by atoms with Gasteiger partial charge in [-0.25, -0.2) is 0 Å². The molecule has 0 radical (unpaired) electrons. The Labute approximate surface area is 168 Å². The molecule has 1 aliphatic heterocycles. The number of carbonyl (C=O) groups excluding carboxylic acids is 1. The first-order valence-electron chi connectivity index (χ1n) is 9.13. The first-order chi connectivity index (χ1) is 13.4. The van der Waals surface area contributed by atoms with E-state index in [4.69, 9.17) is 11.6 Å². The number of nitrogens with one attached hydrogen (secondary N) is 1. The maximum Gasteiger partial charge on any atom is 0.270 e. The van der Waals surface area contributed by atoms with Crippen molar-refractivity contribution in [3.8, 4) is 0 Å². The van der Waals surface area contributed by atoms with Crippen LogP contribution in [0.5, 0.6) is 0 Å². The van der Waals surface area contributed by atoms with Gasteiger partial charge in [-0.1, -0.05) is 11.6 Å². The fourth-order valence-corrected chi connectivity index (χ4v) is 3.72. The van der Waals surface area contributed by atoms with Crippen molar-refractivity contribution in [2.24, 2.45) is 7.05 Å². The molecule has 8 nitrogen and oxygen atoms in total. The second kappa shape index (κ2) is 8.72. The lowest BCUT2D eigenvalue weighted by atomic mass is 10.1. The van der Waals surface area contributed by atoms with Crippen LogP contribution >= 0.6 is 11.6 Å². The molecule has 0 aliphatic carbocycles. The van der Waals surface area contributed by atoms with Crippen LogP contribution in [0, 0.1) is 10.1 Å². The molecule has 0 saturated carbocycles. The Bertz CT molecular complexity index is 861. The van der Waals surface area contributed by atoms with Gasteiger partial charge >= 0.3 is 0 Å². The van der Waals surface area contributed by atoms with Crippen molar-refractivity contribution in [3.05, 3.63) is 62.9 Å². The van der Waals surface area contributed by atoms with Crippen molar-refractivity contribution in [1.82, 2.24) is 19.7 Å². The molecule has 1 aliphatic rings. The molecular weight excluding hydrogens is 382 g/mol. The number of benzene rings is 1. The molecule has 1 saturated heterocycles. The summed E-state index contributed by atoms with van der Waals surface area (Å²) in [5, 5.41) is 13.9. The Balaban J connectivity index is 1.74. The number of nitro groups is 1. The molecule has 150 valence electrons. The second-order valence-electron chi connectivity index (χ2n) is 7.03. The number of non-ortho nitro benzene ring substituents is 1. The molecule has 9 heteroatoms. The van der Waals surface area contributed by atoms with Crippen LogP contribution in [0.25, 0.3) is 0 Å². The zero-order valence-corrected chi connectivity index (χ0v) is 16.7. The van der Waals surface area contributed by atoms with Crippen molar-refractivity contribution >= 4 is 23.2 Å². The van der Waals surface area contributed by atoms with Gasteiger partial charge < -0.3 is 14.8 Å². The van der Waals surface area contributed by atoms with Gasteiger partial charge in [-0.05, 0) is 25.2 Å². The average molecular weight is 406 g/mol. The minimum atomic E-state index is -0.535. The van der Waals surface area contributed by atoms with Crippen molar-refractivity contribution in [1.29, 1.82) is 0 Å². The van der Waals surface area contributed by atoms with Crippen LogP contribution in [0.3, 0.4) is 0 Å². The minimum absolute atomic E-state index is 0.0365. The molecular formula is C19H24ClN5O3. The highest BCUT2D eigenvalue weighted by Crippen LogP contribution is 2.24. The van der Waals surface area contributed by atoms with E-state index < -0.39 is 4.92 Å². The smallest absolute Gasteiger partial charge is 0.270 e. The van der Waals surface area contributed by atoms with Crippen molar-refractivity contribution in [2.45, 2.75) is 6.04 Å². The number of hydrogen-bond donors (Lipinski definition) is 1. The third-order valence-electron chi connectivity index (χ3n) is 5.17. The molecule has 1 amide bonds. The van der Waals surface area contributed by atoms with E-state index in [1.54, 1.807) is 0 Å². The lowest BCUT2D eigenvalue weighted by Gasteiger charge is -2.38. The van der Waals surface area contributed by atoms with Gasteiger partial charge in [0, 0.05) is 63.8 Å². The van der Waals surface area contributed by atoms with E-state index in [0.717, 1.165) is 31.9 Å². The molecule has 1 aromatic heterocycles. The van der Waals surface area contributed by atoms with Gasteiger partial charge in [0.05, 0.1) is 21.6 Å². The van der Waals surface area contributed by atoms with E-state index in [-0.39, 0.29) is 28.2 Å². The fourth-order valence-electron chi connectivity index (χ4n) is 3.46. The van der Waals surface area contributed by atoms with E-state index in [9.17, 15) is 14.9 Å². The molecule has 0 spiro atoms. The van der Waals surface area contributed by atoms with Crippen LogP contribution < -0.4 is 5.32 Å². The summed E-state index contributed by atoms with van der Waals surface area (Å²) in [5.74, 6) is -0.340. The normalized spacial score (nSPS) is 16.7. The Morgan fingerprint density at radius 3 is 2.54 bits per heavy atom. The third-order valence-corrected chi connectivity index (χ3v) is 5.48. The molecule has 1 fully saturated rings. The maximum atomic E-state index is 12.6. The van der Waals surface area contributed by atoms with Crippen molar-refractivity contribution in [2.75, 3.05) is 39.8 Å². The number of likely N-dealkylation sites (N-methyl/N-ethyl adjacent to an activating group) is 1. The van der Waals surface area contributed by atoms with Gasteiger partial charge in [-0.3, -0.25) is 19.8 Å². The van der Waals surface area contributed by atoms with Gasteiger partial charge in [0.25, 0.3) is 11.6 Å². The summed E-state index contributed by atoms with van der Waals surface area (Å²) in [6.45, 7) is 4.21. The van der Waals surface area contributed by atoms with Gasteiger partial charge in [-0.15, -0.1) is 0 Å². The topological polar surface area (TPSA) is 83.7 Å². The Kier molecular flexibility index (Phi) is 6.33. The standard InChI is InChI=1S/C19H24ClN5O3/c1-22-8-10-24(11-9-22)18(17-4-3-7-23(17)2)13-21-19(26)15-6-5-14(25(27)28)12-16(15)20/h3-7,12,18H,8-11,13H2,1-2H3,(H,21,26). The molecule has 0 bridgehead atoms. The van der Waals surface area contributed by atoms with Crippen LogP contribution in [0.1, 0.15) is 22.1 Å². The van der Waals surface area contributed by atoms with Crippen molar-refractivity contribution < 1.29 is 9.72 Å². The quantitative estimate of drug-likeness (QED) is 0.589. The number of piperazine rings is 1. The zero-order valence-electron chi connectivity index (χ0n) is 16.0. The summed E-state index contributed by atoms with van der Waals surface area (Å²) < 4.78 is 2.06. The van der Waals surface area contributed by atoms with E-state index >= 15 is 0 Å². The highest BCUT2D eigenvalue weighted by molar-refractivity contribution is 6.34. The number of rotatable bonds is 6. The van der Waals surface area contributed by atoms with Crippen LogP contribution in [-0.2, 0) is 7.05 Å². The second-order valence-corrected chi connectivity index (χ2v) is 7.44. The van der Waals surface area contributed by atoms with Gasteiger partial charge in [-0.2, -0.15) is 0 Å². The number of aromatic nitrogens is 1. The van der Waals surface area contributed by atoms with Gasteiger partial charge in [0.1, 0.15) is 0 Å². The van der Waals surface area contributed by atoms with E-state index in [0.29, 0.717) is 6.54 Å². The summed E-state index contributed by atoms with van der Waals surface area (Å²) in [4.78, 5) is 27.6. The summed E-state index contributed by atoms with van der Waals surface area (Å²) in [6.07, 6.45) is 1.99. The monoisotopic (exact) mass is 405 g/mol. The first-order valence-corrected chi connectivity index (χ1v) is 9.50. The van der Waals surface area contributed by atoms with E-state index in [1.807, 2.05) is 19.3 Å². The van der Waals surface area contributed by atoms with Gasteiger partial charge in [0.15, 0.2) is 0 Å². The Hall–Kier alpha value is -2.42. The minimum Gasteiger partial charge on any atom is -0.353 e. The lowest BCUT2D eigenvalue weighted by Crippen LogP contribution is -2.48. The van der Waals surface area contributed by atoms with Gasteiger partial charge in [0.2, 0.25) is 0 Å². The van der Waals surface area contributed by atoms with Crippen LogP contribution in [0.15, 0.2) is 36.5 Å². The molecule has 1 aromatic carbocycles. The third kappa shape index (κ3) is 4.52. The molecule has 28 heavy (non-hydrogen) atoms. The number of carbonyl (C=O) groups is 1. The van der Waals surface area contributed by atoms with E-state index in [1.165, 1.54) is 18.2 Å². The van der Waals surface area contributed by atoms with Crippen LogP contribution in [0.4, 0.5) is 5.69 Å². The molecule has 2 aromatic rings. The van der Waals surface area contributed by atoms with E-state index in [2.05, 4.69) is 32.8 Å². The summed E-state index contributed by atoms with van der Waals surface area (Å²) >= 11 is 6.09. The number of hydrogen-bond acceptors (Lipinski definition) is 5. The van der Waals surface area contributed by atoms with Crippen LogP contribution in [-0.4, -0.2) is 65.0 Å². The number of nitro benzene ring substituents is 1. The fraction of sp³-hybridized carbons (Fsp3) is 0.421. The first kappa shape index (κ1) is 20.3. The predicted octanol–water partition coefficient (Wildman–Crippen LogP) is 2.31. The van der Waals surface area contributed by atoms with Crippen molar-refractivity contribution in [3.63, 3.8) is 0 Å². The number of amides is 1. The summed E-state index contributed by atoms with van der Waals surface area (Å²) in [6, 6.07) is 7.97. The molecule has 1 atom stereocenters. The van der Waals surface area contributed by atoms with Crippen LogP contribution in [0.2, 0.25) is 5.02 Å². The SMILES string of the molecule is CN1CCN(C(CNC(=O)c2ccc([N+](=O)[O-])cc2Cl)c2cccn2C)CC1. The molecule has 2 heterocycles. The average Bonchev–Trinajstić information content (AvgIpc) is 3.08. The summed E-state index contributed by atoms with van der Waals surface area (Å²) in [7, 11) is 4.10. The highest BCUT2D eigenvalue weighted by atomic mass is 35.5. The molecule has 3 rings (SSSR count). The molecule has 1 N–H and O–H groups in total. The predicted molar refractivity (Wildman–Crippen MR) is 108 cm³/mol. The maximum absolute atomic E-state index is 12.6. The summed E-state index contributed by atoms with van der Waals surface area (Å²) in [5.41, 5.74) is 1.22. The largest absolute Gasteiger partial charge is 0.353 e. The zero-order chi connectivity index (χ0) is 20.3. The lowest BCUT2D eigenvalue weighted by molar-refractivity contribution is -0.384. The number of nitrogens with zero attached hydrogens (tertiary/aromatic N) is 4. The Morgan fingerprint density at radius 2 is 1.96 bits per heavy atom. The highest BCUT2D eigenvalue weighted by Gasteiger charge is 2.26. The number of aryl methyl sites for hydroxylation is 1.